The molecular formula is C12H20O5S. The van der Waals surface area contributed by atoms with Crippen molar-refractivity contribution >= 4 is 15.8 Å². The van der Waals surface area contributed by atoms with Gasteiger partial charge in [-0.1, -0.05) is 12.8 Å². The minimum absolute atomic E-state index is 0.297. The second-order valence-electron chi connectivity index (χ2n) is 5.42. The van der Waals surface area contributed by atoms with Crippen molar-refractivity contribution in [1.29, 1.82) is 0 Å². The Kier molecular flexibility index (Phi) is 3.69. The summed E-state index contributed by atoms with van der Waals surface area (Å²) < 4.78 is 30.2. The molecule has 2 unspecified atom stereocenters. The fraction of sp³-hybridized carbons (Fsp3) is 0.917. The number of sulfone groups is 1. The lowest BCUT2D eigenvalue weighted by molar-refractivity contribution is -0.136. The molecule has 2 atom stereocenters. The highest BCUT2D eigenvalue weighted by Crippen LogP contribution is 2.42. The summed E-state index contributed by atoms with van der Waals surface area (Å²) >= 11 is 0. The first-order chi connectivity index (χ1) is 8.37. The van der Waals surface area contributed by atoms with Gasteiger partial charge in [0.05, 0.1) is 10.9 Å². The van der Waals surface area contributed by atoms with E-state index < -0.39 is 26.3 Å². The molecule has 2 fully saturated rings. The van der Waals surface area contributed by atoms with E-state index in [2.05, 4.69) is 0 Å². The van der Waals surface area contributed by atoms with Crippen LogP contribution < -0.4 is 0 Å². The maximum Gasteiger partial charge on any atom is 0.321 e. The van der Waals surface area contributed by atoms with Crippen LogP contribution in [0, 0.1) is 0 Å². The molecular weight excluding hydrogens is 256 g/mol. The fourth-order valence-electron chi connectivity index (χ4n) is 3.06. The first kappa shape index (κ1) is 13.8. The molecule has 2 aliphatic rings. The summed E-state index contributed by atoms with van der Waals surface area (Å²) in [6, 6.07) is 0. The zero-order valence-electron chi connectivity index (χ0n) is 10.6. The van der Waals surface area contributed by atoms with Gasteiger partial charge >= 0.3 is 5.97 Å². The monoisotopic (exact) mass is 276 g/mol. The third kappa shape index (κ3) is 2.40. The van der Waals surface area contributed by atoms with Gasteiger partial charge in [-0.3, -0.25) is 4.79 Å². The average Bonchev–Trinajstić information content (AvgIpc) is 2.76. The highest BCUT2D eigenvalue weighted by Gasteiger charge is 2.46. The average molecular weight is 276 g/mol. The number of ether oxygens (including phenoxy) is 1. The fourth-order valence-corrected chi connectivity index (χ4v) is 4.88. The molecule has 1 spiro atoms. The summed E-state index contributed by atoms with van der Waals surface area (Å²) in [7, 11) is -3.60. The lowest BCUT2D eigenvalue weighted by Crippen LogP contribution is -2.46. The van der Waals surface area contributed by atoms with Gasteiger partial charge in [-0.2, -0.15) is 0 Å². The van der Waals surface area contributed by atoms with Crippen LogP contribution in [-0.4, -0.2) is 42.2 Å². The molecule has 1 aliphatic heterocycles. The first-order valence-electron chi connectivity index (χ1n) is 6.47. The topological polar surface area (TPSA) is 80.7 Å². The lowest BCUT2D eigenvalue weighted by atomic mass is 9.92. The van der Waals surface area contributed by atoms with E-state index in [0.29, 0.717) is 19.4 Å². The van der Waals surface area contributed by atoms with Gasteiger partial charge in [-0.05, 0) is 32.6 Å². The van der Waals surface area contributed by atoms with Crippen molar-refractivity contribution in [2.24, 2.45) is 0 Å². The van der Waals surface area contributed by atoms with Crippen LogP contribution in [0.5, 0.6) is 0 Å². The zero-order chi connectivity index (χ0) is 13.4. The number of rotatable bonds is 3. The molecule has 0 aromatic rings. The van der Waals surface area contributed by atoms with Crippen LogP contribution in [0.3, 0.4) is 0 Å². The van der Waals surface area contributed by atoms with Crippen molar-refractivity contribution in [3.8, 4) is 0 Å². The number of carboxylic acids is 1. The van der Waals surface area contributed by atoms with Gasteiger partial charge in [-0.25, -0.2) is 8.42 Å². The zero-order valence-corrected chi connectivity index (χ0v) is 11.4. The third-order valence-electron chi connectivity index (χ3n) is 4.27. The Hall–Kier alpha value is -0.620. The molecule has 18 heavy (non-hydrogen) atoms. The van der Waals surface area contributed by atoms with Crippen molar-refractivity contribution in [2.45, 2.75) is 61.5 Å². The number of hydrogen-bond acceptors (Lipinski definition) is 4. The van der Waals surface area contributed by atoms with Gasteiger partial charge in [0, 0.05) is 6.61 Å². The van der Waals surface area contributed by atoms with Gasteiger partial charge in [-0.15, -0.1) is 0 Å². The second-order valence-corrected chi connectivity index (χ2v) is 7.97. The Morgan fingerprint density at radius 3 is 2.56 bits per heavy atom. The van der Waals surface area contributed by atoms with E-state index in [4.69, 9.17) is 9.84 Å². The predicted molar refractivity (Wildman–Crippen MR) is 66.2 cm³/mol. The third-order valence-corrected chi connectivity index (χ3v) is 6.79. The molecule has 0 radical (unpaired) electrons. The normalized spacial score (nSPS) is 29.3. The van der Waals surface area contributed by atoms with Crippen molar-refractivity contribution in [3.63, 3.8) is 0 Å². The molecule has 0 aromatic heterocycles. The molecule has 1 saturated carbocycles. The van der Waals surface area contributed by atoms with Gasteiger partial charge in [0.1, 0.15) is 0 Å². The summed E-state index contributed by atoms with van der Waals surface area (Å²) in [6.07, 6.45) is 4.83. The molecule has 1 N–H and O–H groups in total. The summed E-state index contributed by atoms with van der Waals surface area (Å²) in [5, 5.41) is 7.01. The lowest BCUT2D eigenvalue weighted by Gasteiger charge is -2.38. The van der Waals surface area contributed by atoms with Gasteiger partial charge in [0.25, 0.3) is 0 Å². The number of hydrogen-bond donors (Lipinski definition) is 1. The summed E-state index contributed by atoms with van der Waals surface area (Å²) in [5.41, 5.74) is -0.297. The Bertz CT molecular complexity index is 422. The van der Waals surface area contributed by atoms with Crippen LogP contribution in [0.2, 0.25) is 0 Å². The van der Waals surface area contributed by atoms with Crippen molar-refractivity contribution in [3.05, 3.63) is 0 Å². The van der Waals surface area contributed by atoms with Crippen molar-refractivity contribution in [1.82, 2.24) is 0 Å². The predicted octanol–water partition coefficient (Wildman–Crippen LogP) is 1.37. The van der Waals surface area contributed by atoms with Gasteiger partial charge < -0.3 is 9.84 Å². The van der Waals surface area contributed by atoms with Gasteiger partial charge in [0.2, 0.25) is 0 Å². The van der Waals surface area contributed by atoms with Crippen molar-refractivity contribution < 1.29 is 23.1 Å². The number of carboxylic acid groups (broad SMARTS) is 1. The van der Waals surface area contributed by atoms with E-state index in [1.54, 1.807) is 0 Å². The minimum Gasteiger partial charge on any atom is -0.480 e. The van der Waals surface area contributed by atoms with Crippen LogP contribution >= 0.6 is 0 Å². The highest BCUT2D eigenvalue weighted by molar-refractivity contribution is 7.93. The SMILES string of the molecule is CC(C(=O)O)S(=O)(=O)C1CCOC2(CCCC2)C1. The van der Waals surface area contributed by atoms with E-state index in [0.717, 1.165) is 25.7 Å². The molecule has 1 saturated heterocycles. The summed E-state index contributed by atoms with van der Waals surface area (Å²) in [6.45, 7) is 1.69. The van der Waals surface area contributed by atoms with E-state index in [1.165, 1.54) is 6.92 Å². The highest BCUT2D eigenvalue weighted by atomic mass is 32.2. The standard InChI is InChI=1S/C12H20O5S/c1-9(11(13)14)18(15,16)10-4-7-17-12(8-10)5-2-3-6-12/h9-10H,2-8H2,1H3,(H,13,14). The number of aliphatic carboxylic acids is 1. The van der Waals surface area contributed by atoms with E-state index >= 15 is 0 Å². The van der Waals surface area contributed by atoms with Crippen LogP contribution in [0.1, 0.15) is 45.4 Å². The smallest absolute Gasteiger partial charge is 0.321 e. The molecule has 1 aliphatic carbocycles. The maximum atomic E-state index is 12.2. The van der Waals surface area contributed by atoms with E-state index in [1.807, 2.05) is 0 Å². The maximum absolute atomic E-state index is 12.2. The summed E-state index contributed by atoms with van der Waals surface area (Å²) in [5.74, 6) is -1.26. The Morgan fingerprint density at radius 1 is 1.39 bits per heavy atom. The first-order valence-corrected chi connectivity index (χ1v) is 8.08. The number of carbonyl (C=O) groups is 1. The Morgan fingerprint density at radius 2 is 2.00 bits per heavy atom. The molecule has 0 amide bonds. The molecule has 6 heteroatoms. The van der Waals surface area contributed by atoms with Crippen molar-refractivity contribution in [2.75, 3.05) is 6.61 Å². The van der Waals surface area contributed by atoms with Gasteiger partial charge in [0.15, 0.2) is 15.1 Å². The molecule has 2 rings (SSSR count). The van der Waals surface area contributed by atoms with Crippen LogP contribution in [0.15, 0.2) is 0 Å². The molecule has 0 aromatic carbocycles. The Balaban J connectivity index is 2.16. The molecule has 5 nitrogen and oxygen atoms in total. The second kappa shape index (κ2) is 4.81. The molecule has 104 valence electrons. The largest absolute Gasteiger partial charge is 0.480 e. The van der Waals surface area contributed by atoms with Crippen LogP contribution in [0.4, 0.5) is 0 Å². The van der Waals surface area contributed by atoms with E-state index in [9.17, 15) is 13.2 Å². The van der Waals surface area contributed by atoms with Crippen LogP contribution in [-0.2, 0) is 19.4 Å². The van der Waals surface area contributed by atoms with Crippen LogP contribution in [0.25, 0.3) is 0 Å². The molecule has 1 heterocycles. The van der Waals surface area contributed by atoms with E-state index in [-0.39, 0.29) is 5.60 Å². The summed E-state index contributed by atoms with van der Waals surface area (Å²) in [4.78, 5) is 10.9. The minimum atomic E-state index is -3.60. The quantitative estimate of drug-likeness (QED) is 0.842. The Labute approximate surface area is 107 Å². The molecule has 0 bridgehead atoms.